The smallest absolute Gasteiger partial charge is 0.00344 e. The predicted octanol–water partition coefficient (Wildman–Crippen LogP) is 5.92. The largest absolute Gasteiger partial charge is 0.0928 e. The highest BCUT2D eigenvalue weighted by molar-refractivity contribution is 9.09. The molecule has 0 spiro atoms. The van der Waals surface area contributed by atoms with Crippen LogP contribution in [0.1, 0.15) is 63.0 Å². The van der Waals surface area contributed by atoms with E-state index >= 15 is 0 Å². The molecule has 18 heavy (non-hydrogen) atoms. The molecule has 0 aromatic heterocycles. The van der Waals surface area contributed by atoms with Crippen LogP contribution in [0, 0.1) is 0 Å². The molecule has 0 saturated heterocycles. The number of alkyl halides is 1. The van der Waals surface area contributed by atoms with E-state index < -0.39 is 0 Å². The number of unbranched alkanes of at least 4 members (excludes halogenated alkanes) is 5. The van der Waals surface area contributed by atoms with Gasteiger partial charge in [0.15, 0.2) is 0 Å². The molecule has 0 atom stereocenters. The first-order valence-electron chi connectivity index (χ1n) is 7.50. The standard InChI is InChI=1S/C17H27Br/c1-2-3-4-5-6-7-9-16-11-13-17(14-12-16)10-8-15-18/h11-14H,2-10,15H2,1H3. The summed E-state index contributed by atoms with van der Waals surface area (Å²) >= 11 is 3.48. The summed E-state index contributed by atoms with van der Waals surface area (Å²) < 4.78 is 0. The minimum absolute atomic E-state index is 1.10. The first-order chi connectivity index (χ1) is 8.86. The first-order valence-corrected chi connectivity index (χ1v) is 8.62. The van der Waals surface area contributed by atoms with Crippen LogP contribution in [-0.2, 0) is 12.8 Å². The van der Waals surface area contributed by atoms with Crippen LogP contribution in [-0.4, -0.2) is 5.33 Å². The fraction of sp³-hybridized carbons (Fsp3) is 0.647. The van der Waals surface area contributed by atoms with Gasteiger partial charge in [-0.1, -0.05) is 79.2 Å². The molecule has 0 amide bonds. The number of hydrogen-bond acceptors (Lipinski definition) is 0. The summed E-state index contributed by atoms with van der Waals surface area (Å²) in [5.41, 5.74) is 2.98. The van der Waals surface area contributed by atoms with Crippen molar-refractivity contribution in [2.24, 2.45) is 0 Å². The third-order valence-electron chi connectivity index (χ3n) is 3.44. The molecule has 102 valence electrons. The maximum atomic E-state index is 3.48. The highest BCUT2D eigenvalue weighted by Crippen LogP contribution is 2.12. The second kappa shape index (κ2) is 10.6. The summed E-state index contributed by atoms with van der Waals surface area (Å²) in [4.78, 5) is 0. The molecule has 0 aliphatic rings. The highest BCUT2D eigenvalue weighted by atomic mass is 79.9. The molecule has 0 fully saturated rings. The monoisotopic (exact) mass is 310 g/mol. The maximum absolute atomic E-state index is 3.48. The van der Waals surface area contributed by atoms with Crippen LogP contribution in [0.2, 0.25) is 0 Å². The molecular formula is C17H27Br. The van der Waals surface area contributed by atoms with Crippen LogP contribution in [0.4, 0.5) is 0 Å². The van der Waals surface area contributed by atoms with Crippen molar-refractivity contribution in [1.29, 1.82) is 0 Å². The lowest BCUT2D eigenvalue weighted by atomic mass is 10.0. The first kappa shape index (κ1) is 15.8. The van der Waals surface area contributed by atoms with Gasteiger partial charge in [0.25, 0.3) is 0 Å². The Morgan fingerprint density at radius 2 is 1.22 bits per heavy atom. The SMILES string of the molecule is CCCCCCCCc1ccc(CCCBr)cc1. The number of aryl methyl sites for hydroxylation is 2. The van der Waals surface area contributed by atoms with Crippen molar-refractivity contribution < 1.29 is 0 Å². The lowest BCUT2D eigenvalue weighted by Gasteiger charge is -2.04. The zero-order valence-electron chi connectivity index (χ0n) is 11.8. The minimum atomic E-state index is 1.10. The van der Waals surface area contributed by atoms with E-state index in [2.05, 4.69) is 47.1 Å². The summed E-state index contributed by atoms with van der Waals surface area (Å²) in [6, 6.07) is 9.23. The third-order valence-corrected chi connectivity index (χ3v) is 4.00. The summed E-state index contributed by atoms with van der Waals surface area (Å²) in [6.45, 7) is 2.27. The van der Waals surface area contributed by atoms with Gasteiger partial charge >= 0.3 is 0 Å². The Balaban J connectivity index is 2.14. The third kappa shape index (κ3) is 7.20. The van der Waals surface area contributed by atoms with E-state index in [-0.39, 0.29) is 0 Å². The van der Waals surface area contributed by atoms with Gasteiger partial charge in [-0.3, -0.25) is 0 Å². The zero-order chi connectivity index (χ0) is 13.1. The molecule has 1 aromatic carbocycles. The van der Waals surface area contributed by atoms with Crippen LogP contribution in [0.25, 0.3) is 0 Å². The average molecular weight is 311 g/mol. The Labute approximate surface area is 121 Å². The van der Waals surface area contributed by atoms with Gasteiger partial charge in [-0.2, -0.15) is 0 Å². The normalized spacial score (nSPS) is 10.8. The van der Waals surface area contributed by atoms with Crippen molar-refractivity contribution in [3.05, 3.63) is 35.4 Å². The highest BCUT2D eigenvalue weighted by Gasteiger charge is 1.96. The van der Waals surface area contributed by atoms with Crippen LogP contribution in [0.3, 0.4) is 0 Å². The van der Waals surface area contributed by atoms with Gasteiger partial charge in [0.05, 0.1) is 0 Å². The Morgan fingerprint density at radius 3 is 1.78 bits per heavy atom. The number of hydrogen-bond donors (Lipinski definition) is 0. The molecule has 0 unspecified atom stereocenters. The second-order valence-electron chi connectivity index (χ2n) is 5.13. The van der Waals surface area contributed by atoms with E-state index in [0.717, 1.165) is 5.33 Å². The Kier molecular flexibility index (Phi) is 9.28. The Hall–Kier alpha value is -0.300. The lowest BCUT2D eigenvalue weighted by molar-refractivity contribution is 0.607. The van der Waals surface area contributed by atoms with Gasteiger partial charge in [-0.15, -0.1) is 0 Å². The molecule has 0 aliphatic carbocycles. The number of benzene rings is 1. The topological polar surface area (TPSA) is 0 Å². The van der Waals surface area contributed by atoms with E-state index in [4.69, 9.17) is 0 Å². The van der Waals surface area contributed by atoms with Crippen molar-refractivity contribution in [2.45, 2.75) is 64.7 Å². The van der Waals surface area contributed by atoms with E-state index in [1.165, 1.54) is 68.9 Å². The fourth-order valence-corrected chi connectivity index (χ4v) is 2.53. The maximum Gasteiger partial charge on any atom is 0.00344 e. The fourth-order valence-electron chi connectivity index (χ4n) is 2.25. The van der Waals surface area contributed by atoms with E-state index in [1.807, 2.05) is 0 Å². The molecule has 0 aliphatic heterocycles. The van der Waals surface area contributed by atoms with Crippen LogP contribution >= 0.6 is 15.9 Å². The molecule has 1 aromatic rings. The van der Waals surface area contributed by atoms with Crippen molar-refractivity contribution in [3.63, 3.8) is 0 Å². The second-order valence-corrected chi connectivity index (χ2v) is 5.92. The molecule has 0 radical (unpaired) electrons. The predicted molar refractivity (Wildman–Crippen MR) is 85.6 cm³/mol. The van der Waals surface area contributed by atoms with Crippen molar-refractivity contribution >= 4 is 15.9 Å². The van der Waals surface area contributed by atoms with Crippen molar-refractivity contribution in [1.82, 2.24) is 0 Å². The van der Waals surface area contributed by atoms with E-state index in [0.29, 0.717) is 0 Å². The Morgan fingerprint density at radius 1 is 0.722 bits per heavy atom. The van der Waals surface area contributed by atoms with Crippen molar-refractivity contribution in [2.75, 3.05) is 5.33 Å². The van der Waals surface area contributed by atoms with Crippen LogP contribution in [0.5, 0.6) is 0 Å². The number of halogens is 1. The average Bonchev–Trinajstić information content (AvgIpc) is 2.42. The zero-order valence-corrected chi connectivity index (χ0v) is 13.3. The summed E-state index contributed by atoms with van der Waals surface area (Å²) in [5, 5.41) is 1.10. The Bertz CT molecular complexity index is 289. The summed E-state index contributed by atoms with van der Waals surface area (Å²) in [6.07, 6.45) is 12.0. The minimum Gasteiger partial charge on any atom is -0.0928 e. The van der Waals surface area contributed by atoms with Gasteiger partial charge in [0, 0.05) is 5.33 Å². The molecule has 0 N–H and O–H groups in total. The molecule has 1 heteroatoms. The molecule has 0 saturated carbocycles. The molecule has 0 bridgehead atoms. The molecule has 0 heterocycles. The quantitative estimate of drug-likeness (QED) is 0.372. The van der Waals surface area contributed by atoms with Gasteiger partial charge in [-0.05, 0) is 36.8 Å². The number of rotatable bonds is 10. The summed E-state index contributed by atoms with van der Waals surface area (Å²) in [7, 11) is 0. The van der Waals surface area contributed by atoms with Crippen molar-refractivity contribution in [3.8, 4) is 0 Å². The lowest BCUT2D eigenvalue weighted by Crippen LogP contribution is -1.89. The van der Waals surface area contributed by atoms with Gasteiger partial charge < -0.3 is 0 Å². The van der Waals surface area contributed by atoms with Crippen LogP contribution < -0.4 is 0 Å². The van der Waals surface area contributed by atoms with E-state index in [1.54, 1.807) is 0 Å². The van der Waals surface area contributed by atoms with Gasteiger partial charge in [-0.25, -0.2) is 0 Å². The van der Waals surface area contributed by atoms with Gasteiger partial charge in [0.2, 0.25) is 0 Å². The van der Waals surface area contributed by atoms with E-state index in [9.17, 15) is 0 Å². The molecular weight excluding hydrogens is 284 g/mol. The summed E-state index contributed by atoms with van der Waals surface area (Å²) in [5.74, 6) is 0. The van der Waals surface area contributed by atoms with Crippen LogP contribution in [0.15, 0.2) is 24.3 Å². The molecule has 0 nitrogen and oxygen atoms in total. The molecule has 1 rings (SSSR count). The van der Waals surface area contributed by atoms with Gasteiger partial charge in [0.1, 0.15) is 0 Å².